The van der Waals surface area contributed by atoms with Crippen LogP contribution in [0.3, 0.4) is 0 Å². The predicted octanol–water partition coefficient (Wildman–Crippen LogP) is 4.07. The van der Waals surface area contributed by atoms with Gasteiger partial charge in [0, 0.05) is 6.54 Å². The molecule has 0 spiro atoms. The number of carbonyl (C=O) groups is 1. The molecule has 0 saturated carbocycles. The lowest BCUT2D eigenvalue weighted by Gasteiger charge is -2.19. The normalized spacial score (nSPS) is 13.2. The maximum Gasteiger partial charge on any atom is 0.261 e. The standard InChI is InChI=1S/C20H25NO2/c1-4-19(23-18-12-10-15(2)11-13-18)20(22)21-14-16(3)17-8-6-5-7-9-17/h5-13,16,19H,4,14H2,1-3H3,(H,21,22)/t16-,19+/m1/s1. The first-order valence-corrected chi connectivity index (χ1v) is 8.16. The molecule has 2 atom stereocenters. The molecule has 122 valence electrons. The van der Waals surface area contributed by atoms with Crippen molar-refractivity contribution in [3.05, 3.63) is 65.7 Å². The fourth-order valence-electron chi connectivity index (χ4n) is 2.37. The van der Waals surface area contributed by atoms with E-state index in [1.807, 2.05) is 56.3 Å². The van der Waals surface area contributed by atoms with E-state index in [0.717, 1.165) is 5.75 Å². The molecule has 0 heterocycles. The molecule has 2 aromatic rings. The number of aryl methyl sites for hydroxylation is 1. The molecule has 1 amide bonds. The topological polar surface area (TPSA) is 38.3 Å². The lowest BCUT2D eigenvalue weighted by molar-refractivity contribution is -0.128. The Hall–Kier alpha value is -2.29. The van der Waals surface area contributed by atoms with Crippen LogP contribution < -0.4 is 10.1 Å². The molecule has 0 bridgehead atoms. The Labute approximate surface area is 138 Å². The van der Waals surface area contributed by atoms with E-state index in [1.54, 1.807) is 0 Å². The number of hydrogen-bond donors (Lipinski definition) is 1. The SMILES string of the molecule is CC[C@H](Oc1ccc(C)cc1)C(=O)NC[C@@H](C)c1ccccc1. The number of ether oxygens (including phenoxy) is 1. The molecular weight excluding hydrogens is 286 g/mol. The van der Waals surface area contributed by atoms with Gasteiger partial charge in [-0.1, -0.05) is 61.9 Å². The van der Waals surface area contributed by atoms with Gasteiger partial charge < -0.3 is 10.1 Å². The largest absolute Gasteiger partial charge is 0.481 e. The van der Waals surface area contributed by atoms with Gasteiger partial charge in [0.05, 0.1) is 0 Å². The zero-order chi connectivity index (χ0) is 16.7. The number of rotatable bonds is 7. The first-order valence-electron chi connectivity index (χ1n) is 8.16. The van der Waals surface area contributed by atoms with Gasteiger partial charge in [-0.15, -0.1) is 0 Å². The summed E-state index contributed by atoms with van der Waals surface area (Å²) in [5.41, 5.74) is 2.40. The molecule has 0 aliphatic carbocycles. The van der Waals surface area contributed by atoms with E-state index in [9.17, 15) is 4.79 Å². The molecule has 0 fully saturated rings. The average Bonchev–Trinajstić information content (AvgIpc) is 2.59. The quantitative estimate of drug-likeness (QED) is 0.837. The Morgan fingerprint density at radius 2 is 1.74 bits per heavy atom. The summed E-state index contributed by atoms with van der Waals surface area (Å²) in [6.45, 7) is 6.70. The lowest BCUT2D eigenvalue weighted by Crippen LogP contribution is -2.39. The highest BCUT2D eigenvalue weighted by atomic mass is 16.5. The molecule has 0 radical (unpaired) electrons. The van der Waals surface area contributed by atoms with Gasteiger partial charge in [-0.05, 0) is 37.0 Å². The molecule has 0 aliphatic rings. The van der Waals surface area contributed by atoms with E-state index in [4.69, 9.17) is 4.74 Å². The van der Waals surface area contributed by atoms with Crippen LogP contribution in [0.1, 0.15) is 37.3 Å². The predicted molar refractivity (Wildman–Crippen MR) is 93.8 cm³/mol. The second-order valence-electron chi connectivity index (χ2n) is 5.88. The Morgan fingerprint density at radius 3 is 2.35 bits per heavy atom. The van der Waals surface area contributed by atoms with Crippen molar-refractivity contribution in [2.24, 2.45) is 0 Å². The van der Waals surface area contributed by atoms with Crippen LogP contribution in [-0.2, 0) is 4.79 Å². The Morgan fingerprint density at radius 1 is 1.09 bits per heavy atom. The van der Waals surface area contributed by atoms with Crippen LogP contribution in [0.15, 0.2) is 54.6 Å². The number of hydrogen-bond acceptors (Lipinski definition) is 2. The average molecular weight is 311 g/mol. The van der Waals surface area contributed by atoms with Gasteiger partial charge in [-0.2, -0.15) is 0 Å². The van der Waals surface area contributed by atoms with E-state index in [2.05, 4.69) is 24.4 Å². The minimum atomic E-state index is -0.458. The minimum Gasteiger partial charge on any atom is -0.481 e. The number of benzene rings is 2. The Kier molecular flexibility index (Phi) is 6.21. The summed E-state index contributed by atoms with van der Waals surface area (Å²) in [5, 5.41) is 3.00. The first-order chi connectivity index (χ1) is 11.1. The van der Waals surface area contributed by atoms with Crippen molar-refractivity contribution in [2.45, 2.75) is 39.2 Å². The van der Waals surface area contributed by atoms with Crippen molar-refractivity contribution in [1.82, 2.24) is 5.32 Å². The summed E-state index contributed by atoms with van der Waals surface area (Å²) < 4.78 is 5.81. The highest BCUT2D eigenvalue weighted by molar-refractivity contribution is 5.81. The van der Waals surface area contributed by atoms with E-state index < -0.39 is 6.10 Å². The van der Waals surface area contributed by atoms with Crippen molar-refractivity contribution in [3.63, 3.8) is 0 Å². The van der Waals surface area contributed by atoms with Gasteiger partial charge in [0.2, 0.25) is 0 Å². The molecule has 0 aromatic heterocycles. The van der Waals surface area contributed by atoms with Gasteiger partial charge in [0.25, 0.3) is 5.91 Å². The minimum absolute atomic E-state index is 0.0594. The number of amides is 1. The fraction of sp³-hybridized carbons (Fsp3) is 0.350. The third-order valence-electron chi connectivity index (χ3n) is 3.91. The van der Waals surface area contributed by atoms with Crippen molar-refractivity contribution >= 4 is 5.91 Å². The van der Waals surface area contributed by atoms with Crippen molar-refractivity contribution in [3.8, 4) is 5.75 Å². The lowest BCUT2D eigenvalue weighted by atomic mass is 10.0. The highest BCUT2D eigenvalue weighted by Crippen LogP contribution is 2.16. The molecule has 0 saturated heterocycles. The summed E-state index contributed by atoms with van der Waals surface area (Å²) in [4.78, 5) is 12.3. The van der Waals surface area contributed by atoms with Gasteiger partial charge in [-0.25, -0.2) is 0 Å². The summed E-state index contributed by atoms with van der Waals surface area (Å²) in [5.74, 6) is 0.946. The van der Waals surface area contributed by atoms with E-state index in [0.29, 0.717) is 13.0 Å². The zero-order valence-electron chi connectivity index (χ0n) is 14.1. The summed E-state index contributed by atoms with van der Waals surface area (Å²) >= 11 is 0. The number of nitrogens with one attached hydrogen (secondary N) is 1. The van der Waals surface area contributed by atoms with Gasteiger partial charge in [0.1, 0.15) is 5.75 Å². The maximum absolute atomic E-state index is 12.3. The third-order valence-corrected chi connectivity index (χ3v) is 3.91. The molecule has 0 aliphatic heterocycles. The second kappa shape index (κ2) is 8.37. The Balaban J connectivity index is 1.88. The zero-order valence-corrected chi connectivity index (χ0v) is 14.1. The summed E-state index contributed by atoms with van der Waals surface area (Å²) in [7, 11) is 0. The van der Waals surface area contributed by atoms with Gasteiger partial charge >= 0.3 is 0 Å². The smallest absolute Gasteiger partial charge is 0.261 e. The summed E-state index contributed by atoms with van der Waals surface area (Å²) in [6, 6.07) is 18.0. The van der Waals surface area contributed by atoms with Crippen molar-refractivity contribution < 1.29 is 9.53 Å². The number of carbonyl (C=O) groups excluding carboxylic acids is 1. The Bertz CT molecular complexity index is 607. The van der Waals surface area contributed by atoms with Crippen LogP contribution in [0, 0.1) is 6.92 Å². The van der Waals surface area contributed by atoms with Gasteiger partial charge in [-0.3, -0.25) is 4.79 Å². The third kappa shape index (κ3) is 5.13. The monoisotopic (exact) mass is 311 g/mol. The van der Waals surface area contributed by atoms with Crippen LogP contribution in [0.5, 0.6) is 5.75 Å². The molecular formula is C20H25NO2. The van der Waals surface area contributed by atoms with Crippen LogP contribution in [0.4, 0.5) is 0 Å². The van der Waals surface area contributed by atoms with Crippen molar-refractivity contribution in [1.29, 1.82) is 0 Å². The molecule has 23 heavy (non-hydrogen) atoms. The molecule has 0 unspecified atom stereocenters. The van der Waals surface area contributed by atoms with E-state index in [-0.39, 0.29) is 11.8 Å². The van der Waals surface area contributed by atoms with E-state index in [1.165, 1.54) is 11.1 Å². The van der Waals surface area contributed by atoms with Crippen molar-refractivity contribution in [2.75, 3.05) is 6.54 Å². The van der Waals surface area contributed by atoms with Crippen LogP contribution in [0.2, 0.25) is 0 Å². The molecule has 2 aromatic carbocycles. The summed E-state index contributed by atoms with van der Waals surface area (Å²) in [6.07, 6.45) is 0.181. The van der Waals surface area contributed by atoms with Gasteiger partial charge in [0.15, 0.2) is 6.10 Å². The highest BCUT2D eigenvalue weighted by Gasteiger charge is 2.19. The fourth-order valence-corrected chi connectivity index (χ4v) is 2.37. The van der Waals surface area contributed by atoms with E-state index >= 15 is 0 Å². The first kappa shape index (κ1) is 17.1. The van der Waals surface area contributed by atoms with Crippen LogP contribution in [-0.4, -0.2) is 18.6 Å². The van der Waals surface area contributed by atoms with Crippen LogP contribution in [0.25, 0.3) is 0 Å². The molecule has 3 heteroatoms. The molecule has 1 N–H and O–H groups in total. The second-order valence-corrected chi connectivity index (χ2v) is 5.88. The molecule has 2 rings (SSSR count). The van der Waals surface area contributed by atoms with Crippen LogP contribution >= 0.6 is 0 Å². The molecule has 3 nitrogen and oxygen atoms in total. The maximum atomic E-state index is 12.3.